The average Bonchev–Trinajstić information content (AvgIpc) is 2.15. The Labute approximate surface area is 95.1 Å². The Kier molecular flexibility index (Phi) is 8.18. The fourth-order valence-electron chi connectivity index (χ4n) is 1.27. The molecule has 88 valence electrons. The molecule has 0 aromatic carbocycles. The van der Waals surface area contributed by atoms with E-state index in [0.29, 0.717) is 12.8 Å². The number of carboxylic acids is 2. The van der Waals surface area contributed by atoms with Crippen LogP contribution in [0.3, 0.4) is 0 Å². The minimum atomic E-state index is -0.871. The maximum Gasteiger partial charge on any atom is 0.316 e. The Morgan fingerprint density at radius 1 is 1.00 bits per heavy atom. The Morgan fingerprint density at radius 3 is 2.07 bits per heavy atom. The highest BCUT2D eigenvalue weighted by Gasteiger charge is 2.10. The first-order valence-corrected chi connectivity index (χ1v) is 5.68. The van der Waals surface area contributed by atoms with Gasteiger partial charge in [-0.1, -0.05) is 25.7 Å². The summed E-state index contributed by atoms with van der Waals surface area (Å²) in [7, 11) is 0. The van der Waals surface area contributed by atoms with Crippen LogP contribution < -0.4 is 0 Å². The van der Waals surface area contributed by atoms with Crippen LogP contribution in [0.2, 0.25) is 0 Å². The molecule has 0 heterocycles. The number of unbranched alkanes of at least 4 members (excludes halogenated alkanes) is 4. The van der Waals surface area contributed by atoms with Gasteiger partial charge in [-0.15, -0.1) is 0 Å². The Bertz CT molecular complexity index is 206. The first kappa shape index (κ1) is 14.3. The van der Waals surface area contributed by atoms with Crippen LogP contribution in [0, 0.1) is 0 Å². The van der Waals surface area contributed by atoms with Crippen molar-refractivity contribution in [2.24, 2.45) is 0 Å². The molecule has 5 heteroatoms. The summed E-state index contributed by atoms with van der Waals surface area (Å²) in [4.78, 5) is 20.6. The van der Waals surface area contributed by atoms with Crippen molar-refractivity contribution < 1.29 is 19.8 Å². The van der Waals surface area contributed by atoms with E-state index in [4.69, 9.17) is 10.2 Å². The van der Waals surface area contributed by atoms with E-state index in [9.17, 15) is 9.59 Å². The first-order valence-electron chi connectivity index (χ1n) is 5.16. The van der Waals surface area contributed by atoms with Crippen molar-refractivity contribution >= 4 is 24.6 Å². The quantitative estimate of drug-likeness (QED) is 0.422. The number of rotatable bonds is 9. The van der Waals surface area contributed by atoms with Crippen molar-refractivity contribution in [3.05, 3.63) is 0 Å². The monoisotopic (exact) mass is 234 g/mol. The third-order valence-corrected chi connectivity index (χ3v) is 2.63. The zero-order chi connectivity index (χ0) is 11.7. The van der Waals surface area contributed by atoms with E-state index in [-0.39, 0.29) is 6.42 Å². The maximum atomic E-state index is 10.4. The van der Waals surface area contributed by atoms with Gasteiger partial charge in [0.1, 0.15) is 0 Å². The lowest BCUT2D eigenvalue weighted by Crippen LogP contribution is -2.12. The molecule has 0 rings (SSSR count). The van der Waals surface area contributed by atoms with E-state index in [1.165, 1.54) is 0 Å². The zero-order valence-corrected chi connectivity index (χ0v) is 9.58. The van der Waals surface area contributed by atoms with Gasteiger partial charge in [0.15, 0.2) is 0 Å². The van der Waals surface area contributed by atoms with Crippen LogP contribution in [0.4, 0.5) is 0 Å². The molecule has 1 unspecified atom stereocenters. The molecule has 0 bridgehead atoms. The highest BCUT2D eigenvalue weighted by molar-refractivity contribution is 7.81. The minimum Gasteiger partial charge on any atom is -0.481 e. The van der Waals surface area contributed by atoms with Crippen LogP contribution in [0.1, 0.15) is 44.9 Å². The Hall–Kier alpha value is -0.710. The Balaban J connectivity index is 3.18. The lowest BCUT2D eigenvalue weighted by atomic mass is 10.1. The normalized spacial score (nSPS) is 12.3. The molecule has 0 aliphatic rings. The molecule has 0 radical (unpaired) electrons. The van der Waals surface area contributed by atoms with Crippen LogP contribution >= 0.6 is 12.6 Å². The van der Waals surface area contributed by atoms with Crippen LogP contribution in [-0.2, 0) is 9.59 Å². The third-order valence-electron chi connectivity index (χ3n) is 2.15. The smallest absolute Gasteiger partial charge is 0.316 e. The molecular formula is C10H18O4S. The Morgan fingerprint density at radius 2 is 1.53 bits per heavy atom. The second-order valence-electron chi connectivity index (χ2n) is 3.55. The molecule has 0 aliphatic heterocycles. The molecule has 0 aliphatic carbocycles. The highest BCUT2D eigenvalue weighted by atomic mass is 32.1. The minimum absolute atomic E-state index is 0.227. The van der Waals surface area contributed by atoms with Crippen LogP contribution in [0.5, 0.6) is 0 Å². The predicted molar refractivity (Wildman–Crippen MR) is 60.4 cm³/mol. The predicted octanol–water partition coefficient (Wildman–Crippen LogP) is 2.18. The van der Waals surface area contributed by atoms with Gasteiger partial charge in [0.05, 0.1) is 5.25 Å². The van der Waals surface area contributed by atoms with E-state index in [2.05, 4.69) is 12.6 Å². The molecule has 0 saturated heterocycles. The van der Waals surface area contributed by atoms with Gasteiger partial charge in [-0.25, -0.2) is 0 Å². The number of hydrogen-bond donors (Lipinski definition) is 3. The van der Waals surface area contributed by atoms with Crippen molar-refractivity contribution in [2.75, 3.05) is 0 Å². The summed E-state index contributed by atoms with van der Waals surface area (Å²) in [6, 6.07) is 0. The van der Waals surface area contributed by atoms with Crippen LogP contribution in [0.15, 0.2) is 0 Å². The van der Waals surface area contributed by atoms with Gasteiger partial charge in [-0.2, -0.15) is 12.6 Å². The fourth-order valence-corrected chi connectivity index (χ4v) is 1.45. The first-order chi connectivity index (χ1) is 7.04. The number of thiol groups is 1. The summed E-state index contributed by atoms with van der Waals surface area (Å²) in [6.45, 7) is 0. The zero-order valence-electron chi connectivity index (χ0n) is 8.69. The largest absolute Gasteiger partial charge is 0.481 e. The van der Waals surface area contributed by atoms with E-state index in [1.807, 2.05) is 0 Å². The number of carbonyl (C=O) groups is 2. The van der Waals surface area contributed by atoms with E-state index in [1.54, 1.807) is 0 Å². The average molecular weight is 234 g/mol. The molecule has 0 fully saturated rings. The van der Waals surface area contributed by atoms with Gasteiger partial charge in [0.25, 0.3) is 0 Å². The van der Waals surface area contributed by atoms with Gasteiger partial charge in [0, 0.05) is 6.42 Å². The molecule has 0 aromatic heterocycles. The highest BCUT2D eigenvalue weighted by Crippen LogP contribution is 2.11. The third kappa shape index (κ3) is 9.59. The van der Waals surface area contributed by atoms with Gasteiger partial charge in [-0.3, -0.25) is 9.59 Å². The lowest BCUT2D eigenvalue weighted by Gasteiger charge is -2.04. The summed E-state index contributed by atoms with van der Waals surface area (Å²) in [5, 5.41) is 16.4. The number of hydrogen-bond acceptors (Lipinski definition) is 3. The lowest BCUT2D eigenvalue weighted by molar-refractivity contribution is -0.137. The molecule has 1 atom stereocenters. The molecule has 0 amide bonds. The van der Waals surface area contributed by atoms with Crippen molar-refractivity contribution in [1.29, 1.82) is 0 Å². The molecule has 0 spiro atoms. The molecule has 0 saturated carbocycles. The van der Waals surface area contributed by atoms with Crippen LogP contribution in [0.25, 0.3) is 0 Å². The summed E-state index contributed by atoms with van der Waals surface area (Å²) in [5.74, 6) is -1.62. The summed E-state index contributed by atoms with van der Waals surface area (Å²) >= 11 is 3.92. The van der Waals surface area contributed by atoms with Crippen molar-refractivity contribution in [3.63, 3.8) is 0 Å². The van der Waals surface area contributed by atoms with E-state index in [0.717, 1.165) is 25.7 Å². The summed E-state index contributed by atoms with van der Waals surface area (Å²) in [6.07, 6.45) is 5.17. The summed E-state index contributed by atoms with van der Waals surface area (Å²) in [5.41, 5.74) is 0. The molecule has 0 aromatic rings. The van der Waals surface area contributed by atoms with Crippen molar-refractivity contribution in [2.45, 2.75) is 50.2 Å². The van der Waals surface area contributed by atoms with Gasteiger partial charge < -0.3 is 10.2 Å². The van der Waals surface area contributed by atoms with Gasteiger partial charge in [-0.05, 0) is 12.8 Å². The molecule has 2 N–H and O–H groups in total. The van der Waals surface area contributed by atoms with Crippen molar-refractivity contribution in [1.82, 2.24) is 0 Å². The number of aliphatic carboxylic acids is 2. The number of carboxylic acid groups (broad SMARTS) is 2. The topological polar surface area (TPSA) is 74.6 Å². The summed E-state index contributed by atoms with van der Waals surface area (Å²) < 4.78 is 0. The molecule has 4 nitrogen and oxygen atoms in total. The fraction of sp³-hybridized carbons (Fsp3) is 0.800. The second kappa shape index (κ2) is 8.59. The van der Waals surface area contributed by atoms with Gasteiger partial charge in [0.2, 0.25) is 0 Å². The SMILES string of the molecule is O=C(O)CCCCCCCC(S)C(=O)O. The van der Waals surface area contributed by atoms with Gasteiger partial charge >= 0.3 is 11.9 Å². The van der Waals surface area contributed by atoms with Crippen LogP contribution in [-0.4, -0.2) is 27.4 Å². The van der Waals surface area contributed by atoms with E-state index < -0.39 is 17.2 Å². The maximum absolute atomic E-state index is 10.4. The van der Waals surface area contributed by atoms with E-state index >= 15 is 0 Å². The molecule has 15 heavy (non-hydrogen) atoms. The second-order valence-corrected chi connectivity index (χ2v) is 4.18. The standard InChI is InChI=1S/C10H18O4S/c11-9(12)7-5-3-1-2-4-6-8(15)10(13)14/h8,15H,1-7H2,(H,11,12)(H,13,14). The van der Waals surface area contributed by atoms with Crippen molar-refractivity contribution in [3.8, 4) is 0 Å². The molecular weight excluding hydrogens is 216 g/mol.